The van der Waals surface area contributed by atoms with E-state index in [-0.39, 0.29) is 12.2 Å². The van der Waals surface area contributed by atoms with Crippen LogP contribution in [0.5, 0.6) is 0 Å². The van der Waals surface area contributed by atoms with Crippen LogP contribution in [0.1, 0.15) is 5.56 Å². The van der Waals surface area contributed by atoms with E-state index < -0.39 is 36.0 Å². The van der Waals surface area contributed by atoms with Crippen LogP contribution in [0, 0.1) is 5.82 Å². The summed E-state index contributed by atoms with van der Waals surface area (Å²) in [5, 5.41) is 12.3. The summed E-state index contributed by atoms with van der Waals surface area (Å²) in [5.74, 6) is -3.84. The number of aliphatic hydroxyl groups is 1. The van der Waals surface area contributed by atoms with Gasteiger partial charge in [0.05, 0.1) is 12.2 Å². The van der Waals surface area contributed by atoms with Gasteiger partial charge in [-0.25, -0.2) is 4.39 Å². The maximum absolute atomic E-state index is 13.0. The molecule has 0 saturated carbocycles. The molecule has 2 amide bonds. The molecule has 3 N–H and O–H groups in total. The van der Waals surface area contributed by atoms with Gasteiger partial charge in [-0.05, 0) is 18.2 Å². The molecule has 110 valence electrons. The van der Waals surface area contributed by atoms with Gasteiger partial charge in [-0.1, -0.05) is 0 Å². The van der Waals surface area contributed by atoms with E-state index in [1.807, 2.05) is 10.6 Å². The van der Waals surface area contributed by atoms with Crippen molar-refractivity contribution in [2.75, 3.05) is 18.5 Å². The predicted molar refractivity (Wildman–Crippen MR) is 60.1 cm³/mol. The summed E-state index contributed by atoms with van der Waals surface area (Å²) < 4.78 is 50.3. The molecule has 0 aliphatic carbocycles. The Morgan fingerprint density at radius 2 is 1.85 bits per heavy atom. The van der Waals surface area contributed by atoms with Gasteiger partial charge in [0.15, 0.2) is 0 Å². The number of carbonyl (C=O) groups is 2. The minimum Gasteiger partial charge on any atom is -0.395 e. The first-order valence-corrected chi connectivity index (χ1v) is 5.32. The van der Waals surface area contributed by atoms with Gasteiger partial charge in [0.25, 0.3) is 0 Å². The Hall–Kier alpha value is -2.16. The van der Waals surface area contributed by atoms with E-state index in [4.69, 9.17) is 5.11 Å². The summed E-state index contributed by atoms with van der Waals surface area (Å²) in [6, 6.07) is 1.80. The molecule has 9 heteroatoms. The smallest absolute Gasteiger partial charge is 0.395 e. The second-order valence-corrected chi connectivity index (χ2v) is 3.63. The Kier molecular flexibility index (Phi) is 5.03. The van der Waals surface area contributed by atoms with Crippen LogP contribution in [-0.4, -0.2) is 30.1 Å². The van der Waals surface area contributed by atoms with E-state index in [0.717, 1.165) is 6.07 Å². The minimum atomic E-state index is -4.91. The van der Waals surface area contributed by atoms with Crippen molar-refractivity contribution in [1.82, 2.24) is 5.32 Å². The van der Waals surface area contributed by atoms with Crippen molar-refractivity contribution in [1.29, 1.82) is 0 Å². The third-order valence-electron chi connectivity index (χ3n) is 2.13. The van der Waals surface area contributed by atoms with Gasteiger partial charge in [-0.2, -0.15) is 13.2 Å². The second-order valence-electron chi connectivity index (χ2n) is 3.63. The van der Waals surface area contributed by atoms with Gasteiger partial charge in [0.2, 0.25) is 0 Å². The summed E-state index contributed by atoms with van der Waals surface area (Å²) in [6.07, 6.45) is -4.91. The molecular formula is C11H10F4N2O3. The first-order chi connectivity index (χ1) is 9.25. The molecule has 0 spiro atoms. The van der Waals surface area contributed by atoms with Gasteiger partial charge < -0.3 is 15.7 Å². The first-order valence-electron chi connectivity index (χ1n) is 5.32. The van der Waals surface area contributed by atoms with E-state index in [9.17, 15) is 27.2 Å². The number of anilines is 1. The fourth-order valence-corrected chi connectivity index (χ4v) is 1.26. The van der Waals surface area contributed by atoms with Crippen LogP contribution in [0.25, 0.3) is 0 Å². The molecule has 0 bridgehead atoms. The quantitative estimate of drug-likeness (QED) is 0.572. The van der Waals surface area contributed by atoms with Crippen molar-refractivity contribution < 1.29 is 32.3 Å². The maximum Gasteiger partial charge on any atom is 0.419 e. The highest BCUT2D eigenvalue weighted by molar-refractivity contribution is 6.39. The molecule has 20 heavy (non-hydrogen) atoms. The maximum atomic E-state index is 13.0. The molecule has 0 radical (unpaired) electrons. The number of amides is 2. The summed E-state index contributed by atoms with van der Waals surface area (Å²) in [5.41, 5.74) is -1.92. The lowest BCUT2D eigenvalue weighted by molar-refractivity contribution is -0.140. The summed E-state index contributed by atoms with van der Waals surface area (Å²) in [4.78, 5) is 22.4. The van der Waals surface area contributed by atoms with E-state index in [1.54, 1.807) is 0 Å². The number of alkyl halides is 3. The summed E-state index contributed by atoms with van der Waals surface area (Å²) in [6.45, 7) is -0.572. The van der Waals surface area contributed by atoms with Gasteiger partial charge in [-0.3, -0.25) is 9.59 Å². The van der Waals surface area contributed by atoms with Crippen molar-refractivity contribution in [3.05, 3.63) is 29.6 Å². The molecule has 0 atom stereocenters. The molecule has 0 unspecified atom stereocenters. The van der Waals surface area contributed by atoms with Gasteiger partial charge >= 0.3 is 18.0 Å². The van der Waals surface area contributed by atoms with E-state index in [0.29, 0.717) is 12.1 Å². The molecule has 0 aliphatic rings. The van der Waals surface area contributed by atoms with Crippen LogP contribution < -0.4 is 10.6 Å². The number of aliphatic hydroxyl groups excluding tert-OH is 1. The Balaban J connectivity index is 2.84. The lowest BCUT2D eigenvalue weighted by Gasteiger charge is -2.10. The third kappa shape index (κ3) is 4.19. The van der Waals surface area contributed by atoms with E-state index >= 15 is 0 Å². The van der Waals surface area contributed by atoms with Crippen LogP contribution >= 0.6 is 0 Å². The van der Waals surface area contributed by atoms with Gasteiger partial charge in [0, 0.05) is 12.2 Å². The van der Waals surface area contributed by atoms with Crippen LogP contribution in [-0.2, 0) is 15.8 Å². The summed E-state index contributed by atoms with van der Waals surface area (Å²) >= 11 is 0. The standard InChI is InChI=1S/C11H10F4N2O3/c12-8-2-1-6(5-7(8)11(13,14)15)17-10(20)9(19)16-3-4-18/h1-2,5,18H,3-4H2,(H,16,19)(H,17,20). The zero-order valence-electron chi connectivity index (χ0n) is 9.92. The molecule has 0 aromatic heterocycles. The number of benzene rings is 1. The Labute approximate surface area is 110 Å². The molecular weight excluding hydrogens is 284 g/mol. The number of rotatable bonds is 3. The van der Waals surface area contributed by atoms with Crippen molar-refractivity contribution >= 4 is 17.5 Å². The average Bonchev–Trinajstić information content (AvgIpc) is 2.36. The highest BCUT2D eigenvalue weighted by Crippen LogP contribution is 2.32. The third-order valence-corrected chi connectivity index (χ3v) is 2.13. The number of nitrogens with one attached hydrogen (secondary N) is 2. The number of hydrogen-bond donors (Lipinski definition) is 3. The van der Waals surface area contributed by atoms with Crippen molar-refractivity contribution in [3.8, 4) is 0 Å². The fraction of sp³-hybridized carbons (Fsp3) is 0.273. The topological polar surface area (TPSA) is 78.4 Å². The molecule has 0 heterocycles. The molecule has 0 saturated heterocycles. The highest BCUT2D eigenvalue weighted by atomic mass is 19.4. The molecule has 0 fully saturated rings. The number of hydrogen-bond acceptors (Lipinski definition) is 3. The van der Waals surface area contributed by atoms with Crippen LogP contribution in [0.2, 0.25) is 0 Å². The summed E-state index contributed by atoms with van der Waals surface area (Å²) in [7, 11) is 0. The first kappa shape index (κ1) is 15.9. The molecule has 1 rings (SSSR count). The molecule has 5 nitrogen and oxygen atoms in total. The molecule has 0 aliphatic heterocycles. The number of carbonyl (C=O) groups excluding carboxylic acids is 2. The molecule has 1 aromatic carbocycles. The van der Waals surface area contributed by atoms with Crippen LogP contribution in [0.4, 0.5) is 23.2 Å². The van der Waals surface area contributed by atoms with Gasteiger partial charge in [0.1, 0.15) is 5.82 Å². The lowest BCUT2D eigenvalue weighted by atomic mass is 10.2. The second kappa shape index (κ2) is 6.33. The zero-order chi connectivity index (χ0) is 15.3. The monoisotopic (exact) mass is 294 g/mol. The van der Waals surface area contributed by atoms with Gasteiger partial charge in [-0.15, -0.1) is 0 Å². The number of halogens is 4. The minimum absolute atomic E-state index is 0.177. The average molecular weight is 294 g/mol. The zero-order valence-corrected chi connectivity index (χ0v) is 9.92. The van der Waals surface area contributed by atoms with E-state index in [2.05, 4.69) is 0 Å². The van der Waals surface area contributed by atoms with Crippen LogP contribution in [0.3, 0.4) is 0 Å². The Morgan fingerprint density at radius 1 is 1.20 bits per heavy atom. The highest BCUT2D eigenvalue weighted by Gasteiger charge is 2.34. The predicted octanol–water partition coefficient (Wildman–Crippen LogP) is 0.892. The largest absolute Gasteiger partial charge is 0.419 e. The van der Waals surface area contributed by atoms with Crippen LogP contribution in [0.15, 0.2) is 18.2 Å². The fourth-order valence-electron chi connectivity index (χ4n) is 1.26. The Morgan fingerprint density at radius 3 is 2.40 bits per heavy atom. The van der Waals surface area contributed by atoms with E-state index in [1.165, 1.54) is 0 Å². The van der Waals surface area contributed by atoms with Crippen molar-refractivity contribution in [3.63, 3.8) is 0 Å². The Bertz CT molecular complexity index is 517. The van der Waals surface area contributed by atoms with Crippen molar-refractivity contribution in [2.45, 2.75) is 6.18 Å². The lowest BCUT2D eigenvalue weighted by Crippen LogP contribution is -2.36. The van der Waals surface area contributed by atoms with Crippen molar-refractivity contribution in [2.24, 2.45) is 0 Å². The molecule has 1 aromatic rings. The normalized spacial score (nSPS) is 11.1. The SMILES string of the molecule is O=C(NCCO)C(=O)Nc1ccc(F)c(C(F)(F)F)c1.